The second-order valence-electron chi connectivity index (χ2n) is 8.39. The summed E-state index contributed by atoms with van der Waals surface area (Å²) in [5.41, 5.74) is 2.50. The van der Waals surface area contributed by atoms with Crippen LogP contribution in [-0.2, 0) is 11.2 Å². The van der Waals surface area contributed by atoms with Crippen LogP contribution in [0.5, 0.6) is 0 Å². The number of para-hydroxylation sites is 1. The average Bonchev–Trinajstić information content (AvgIpc) is 3.10. The van der Waals surface area contributed by atoms with Crippen LogP contribution in [0, 0.1) is 10.1 Å². The zero-order valence-corrected chi connectivity index (χ0v) is 18.8. The molecule has 184 valence electrons. The predicted molar refractivity (Wildman–Crippen MR) is 123 cm³/mol. The van der Waals surface area contributed by atoms with Crippen LogP contribution in [0.15, 0.2) is 60.8 Å². The topological polar surface area (TPSA) is 84.5 Å². The lowest BCUT2D eigenvalue weighted by Crippen LogP contribution is -2.39. The lowest BCUT2D eigenvalue weighted by molar-refractivity contribution is -0.384. The van der Waals surface area contributed by atoms with E-state index in [0.29, 0.717) is 29.8 Å². The summed E-state index contributed by atoms with van der Waals surface area (Å²) < 4.78 is 39.9. The van der Waals surface area contributed by atoms with Gasteiger partial charge in [0.25, 0.3) is 5.69 Å². The number of nitro benzene ring substituents is 1. The van der Waals surface area contributed by atoms with Gasteiger partial charge in [-0.1, -0.05) is 18.2 Å². The maximum absolute atomic E-state index is 13.1. The maximum Gasteiger partial charge on any atom is 0.401 e. The standard InChI is InChI=1S/C24H24F3N5O3/c25-24(26,27)17-29-11-4-12-30(14-13-29)22(33)15-19-16-31(20-5-2-1-3-6-20)28-23(19)18-7-9-21(10-8-18)32(34)35/h1-3,5-10,16H,4,11-15,17H2. The Morgan fingerprint density at radius 1 is 1.00 bits per heavy atom. The molecule has 0 spiro atoms. The number of nitro groups is 1. The molecule has 0 saturated carbocycles. The fraction of sp³-hybridized carbons (Fsp3) is 0.333. The van der Waals surface area contributed by atoms with E-state index in [4.69, 9.17) is 0 Å². The fourth-order valence-corrected chi connectivity index (χ4v) is 4.14. The second-order valence-corrected chi connectivity index (χ2v) is 8.39. The molecule has 1 aliphatic rings. The van der Waals surface area contributed by atoms with Crippen LogP contribution in [0.1, 0.15) is 12.0 Å². The molecule has 2 aromatic carbocycles. The van der Waals surface area contributed by atoms with E-state index in [0.717, 1.165) is 5.69 Å². The van der Waals surface area contributed by atoms with Gasteiger partial charge in [-0.15, -0.1) is 0 Å². The quantitative estimate of drug-likeness (QED) is 0.386. The summed E-state index contributed by atoms with van der Waals surface area (Å²) >= 11 is 0. The first-order chi connectivity index (χ1) is 16.7. The van der Waals surface area contributed by atoms with Gasteiger partial charge in [0.05, 0.1) is 29.3 Å². The molecule has 0 radical (unpaired) electrons. The average molecular weight is 487 g/mol. The number of non-ortho nitro benzene ring substituents is 1. The Balaban J connectivity index is 1.56. The molecule has 0 N–H and O–H groups in total. The third-order valence-corrected chi connectivity index (χ3v) is 5.85. The van der Waals surface area contributed by atoms with Gasteiger partial charge in [0, 0.05) is 55.6 Å². The van der Waals surface area contributed by atoms with Crippen molar-refractivity contribution in [3.05, 3.63) is 76.5 Å². The largest absolute Gasteiger partial charge is 0.401 e. The Kier molecular flexibility index (Phi) is 7.15. The lowest BCUT2D eigenvalue weighted by atomic mass is 10.0. The van der Waals surface area contributed by atoms with Gasteiger partial charge in [0.15, 0.2) is 0 Å². The van der Waals surface area contributed by atoms with Gasteiger partial charge >= 0.3 is 6.18 Å². The summed E-state index contributed by atoms with van der Waals surface area (Å²) in [5.74, 6) is -0.199. The van der Waals surface area contributed by atoms with Crippen molar-refractivity contribution in [2.75, 3.05) is 32.7 Å². The van der Waals surface area contributed by atoms with Gasteiger partial charge < -0.3 is 4.90 Å². The van der Waals surface area contributed by atoms with Gasteiger partial charge in [-0.25, -0.2) is 4.68 Å². The number of benzene rings is 2. The van der Waals surface area contributed by atoms with E-state index in [1.54, 1.807) is 27.9 Å². The van der Waals surface area contributed by atoms with Crippen LogP contribution in [0.3, 0.4) is 0 Å². The zero-order valence-electron chi connectivity index (χ0n) is 18.8. The van der Waals surface area contributed by atoms with Crippen LogP contribution < -0.4 is 0 Å². The number of amides is 1. The normalized spacial score (nSPS) is 15.1. The molecule has 1 saturated heterocycles. The summed E-state index contributed by atoms with van der Waals surface area (Å²) in [6.45, 7) is 0.0532. The van der Waals surface area contributed by atoms with E-state index in [-0.39, 0.29) is 37.6 Å². The summed E-state index contributed by atoms with van der Waals surface area (Å²) in [7, 11) is 0. The lowest BCUT2D eigenvalue weighted by Gasteiger charge is -2.22. The van der Waals surface area contributed by atoms with Crippen LogP contribution in [0.2, 0.25) is 0 Å². The Morgan fingerprint density at radius 2 is 1.71 bits per heavy atom. The van der Waals surface area contributed by atoms with E-state index in [1.807, 2.05) is 30.3 Å². The number of alkyl halides is 3. The highest BCUT2D eigenvalue weighted by atomic mass is 19.4. The number of halogens is 3. The van der Waals surface area contributed by atoms with Gasteiger partial charge in [-0.05, 0) is 30.7 Å². The molecule has 1 amide bonds. The van der Waals surface area contributed by atoms with Gasteiger partial charge in [0.1, 0.15) is 0 Å². The predicted octanol–water partition coefficient (Wildman–Crippen LogP) is 4.09. The van der Waals surface area contributed by atoms with Crippen molar-refractivity contribution in [2.45, 2.75) is 19.0 Å². The smallest absolute Gasteiger partial charge is 0.341 e. The van der Waals surface area contributed by atoms with E-state index < -0.39 is 17.6 Å². The van der Waals surface area contributed by atoms with Gasteiger partial charge in [-0.2, -0.15) is 18.3 Å². The number of nitrogens with zero attached hydrogens (tertiary/aromatic N) is 5. The number of aromatic nitrogens is 2. The molecule has 1 aliphatic heterocycles. The first kappa shape index (κ1) is 24.4. The van der Waals surface area contributed by atoms with Crippen molar-refractivity contribution in [3.8, 4) is 16.9 Å². The van der Waals surface area contributed by atoms with E-state index in [9.17, 15) is 28.1 Å². The molecule has 35 heavy (non-hydrogen) atoms. The van der Waals surface area contributed by atoms with Crippen molar-refractivity contribution in [1.82, 2.24) is 19.6 Å². The Bertz CT molecular complexity index is 1180. The van der Waals surface area contributed by atoms with Crippen LogP contribution in [0.4, 0.5) is 18.9 Å². The van der Waals surface area contributed by atoms with Gasteiger partial charge in [0.2, 0.25) is 5.91 Å². The third kappa shape index (κ3) is 6.24. The minimum atomic E-state index is -4.27. The molecule has 0 atom stereocenters. The van der Waals surface area contributed by atoms with Crippen LogP contribution >= 0.6 is 0 Å². The molecule has 1 aromatic heterocycles. The number of rotatable bonds is 6. The van der Waals surface area contributed by atoms with E-state index in [1.165, 1.54) is 17.0 Å². The molecule has 1 fully saturated rings. The molecule has 0 unspecified atom stereocenters. The molecule has 11 heteroatoms. The van der Waals surface area contributed by atoms with Gasteiger partial charge in [-0.3, -0.25) is 19.8 Å². The van der Waals surface area contributed by atoms with Crippen LogP contribution in [0.25, 0.3) is 16.9 Å². The summed E-state index contributed by atoms with van der Waals surface area (Å²) in [5, 5.41) is 15.7. The molecule has 0 bridgehead atoms. The molecule has 2 heterocycles. The minimum absolute atomic E-state index is 0.0123. The minimum Gasteiger partial charge on any atom is -0.341 e. The monoisotopic (exact) mass is 487 g/mol. The highest BCUT2D eigenvalue weighted by Crippen LogP contribution is 2.27. The summed E-state index contributed by atoms with van der Waals surface area (Å²) in [6, 6.07) is 15.3. The van der Waals surface area contributed by atoms with Crippen molar-refractivity contribution >= 4 is 11.6 Å². The zero-order chi connectivity index (χ0) is 25.0. The van der Waals surface area contributed by atoms with Crippen molar-refractivity contribution in [3.63, 3.8) is 0 Å². The Labute approximate surface area is 199 Å². The van der Waals surface area contributed by atoms with E-state index >= 15 is 0 Å². The van der Waals surface area contributed by atoms with E-state index in [2.05, 4.69) is 5.10 Å². The molecule has 4 rings (SSSR count). The third-order valence-electron chi connectivity index (χ3n) is 5.85. The second kappa shape index (κ2) is 10.3. The molecule has 3 aromatic rings. The molecule has 0 aliphatic carbocycles. The highest BCUT2D eigenvalue weighted by molar-refractivity contribution is 5.81. The highest BCUT2D eigenvalue weighted by Gasteiger charge is 2.32. The number of carbonyl (C=O) groups is 1. The summed E-state index contributed by atoms with van der Waals surface area (Å²) in [4.78, 5) is 26.6. The number of hydrogen-bond acceptors (Lipinski definition) is 5. The number of hydrogen-bond donors (Lipinski definition) is 0. The fourth-order valence-electron chi connectivity index (χ4n) is 4.14. The van der Waals surface area contributed by atoms with Crippen LogP contribution in [-0.4, -0.2) is 69.3 Å². The number of carbonyl (C=O) groups excluding carboxylic acids is 1. The summed E-state index contributed by atoms with van der Waals surface area (Å²) in [6.07, 6.45) is -2.05. The van der Waals surface area contributed by atoms with Crippen molar-refractivity contribution in [1.29, 1.82) is 0 Å². The van der Waals surface area contributed by atoms with Crippen molar-refractivity contribution in [2.24, 2.45) is 0 Å². The SMILES string of the molecule is O=C(Cc1cn(-c2ccccc2)nc1-c1ccc([N+](=O)[O-])cc1)N1CCCN(CC(F)(F)F)CC1. The molecular formula is C24H24F3N5O3. The maximum atomic E-state index is 13.1. The Morgan fingerprint density at radius 3 is 2.37 bits per heavy atom. The molecular weight excluding hydrogens is 463 g/mol. The molecule has 8 nitrogen and oxygen atoms in total. The first-order valence-corrected chi connectivity index (χ1v) is 11.2. The first-order valence-electron chi connectivity index (χ1n) is 11.2. The van der Waals surface area contributed by atoms with Crippen molar-refractivity contribution < 1.29 is 22.9 Å². The Hall–Kier alpha value is -3.73.